The molecule has 0 saturated heterocycles. The van der Waals surface area contributed by atoms with Crippen LogP contribution in [-0.4, -0.2) is 18.4 Å². The van der Waals surface area contributed by atoms with Gasteiger partial charge < -0.3 is 10.6 Å². The van der Waals surface area contributed by atoms with Gasteiger partial charge in [0.25, 0.3) is 5.91 Å². The van der Waals surface area contributed by atoms with Gasteiger partial charge in [-0.1, -0.05) is 74.0 Å². The maximum atomic E-state index is 12.4. The maximum Gasteiger partial charge on any atom is 0.267 e. The van der Waals surface area contributed by atoms with E-state index >= 15 is 0 Å². The van der Waals surface area contributed by atoms with Crippen LogP contribution < -0.4 is 10.6 Å². The molecule has 0 bridgehead atoms. The summed E-state index contributed by atoms with van der Waals surface area (Å²) in [7, 11) is 0. The van der Waals surface area contributed by atoms with Crippen molar-refractivity contribution in [3.8, 4) is 0 Å². The molecule has 0 radical (unpaired) electrons. The number of carbonyl (C=O) groups is 2. The van der Waals surface area contributed by atoms with E-state index < -0.39 is 0 Å². The molecule has 2 rings (SSSR count). The summed E-state index contributed by atoms with van der Waals surface area (Å²) in [6.07, 6.45) is 6.70. The molecule has 0 fully saturated rings. The van der Waals surface area contributed by atoms with E-state index in [0.717, 1.165) is 24.0 Å². The number of hydrogen-bond acceptors (Lipinski definition) is 2. The smallest absolute Gasteiger partial charge is 0.267 e. The normalized spacial score (nSPS) is 11.3. The fourth-order valence-corrected chi connectivity index (χ4v) is 2.26. The van der Waals surface area contributed by atoms with Crippen molar-refractivity contribution in [3.63, 3.8) is 0 Å². The van der Waals surface area contributed by atoms with E-state index in [0.29, 0.717) is 6.54 Å². The lowest BCUT2D eigenvalue weighted by atomic mass is 10.2. The molecule has 0 aliphatic carbocycles. The van der Waals surface area contributed by atoms with E-state index in [1.54, 1.807) is 12.2 Å². The molecule has 4 nitrogen and oxygen atoms in total. The second-order valence-electron chi connectivity index (χ2n) is 5.81. The van der Waals surface area contributed by atoms with Crippen LogP contribution in [0.5, 0.6) is 0 Å². The number of amides is 2. The van der Waals surface area contributed by atoms with E-state index in [1.165, 1.54) is 6.08 Å². The van der Waals surface area contributed by atoms with Crippen LogP contribution >= 0.6 is 0 Å². The molecule has 0 unspecified atom stereocenters. The van der Waals surface area contributed by atoms with Crippen LogP contribution in [-0.2, 0) is 9.59 Å². The number of unbranched alkanes of at least 4 members (excludes halogenated alkanes) is 1. The lowest BCUT2D eigenvalue weighted by Gasteiger charge is -2.09. The molecule has 2 N–H and O–H groups in total. The van der Waals surface area contributed by atoms with Crippen LogP contribution in [0.1, 0.15) is 30.9 Å². The quantitative estimate of drug-likeness (QED) is 0.563. The van der Waals surface area contributed by atoms with Gasteiger partial charge in [0.05, 0.1) is 0 Å². The van der Waals surface area contributed by atoms with Crippen LogP contribution in [0.15, 0.2) is 72.4 Å². The number of nitrogens with one attached hydrogen (secondary N) is 2. The van der Waals surface area contributed by atoms with Crippen LogP contribution in [0.4, 0.5) is 0 Å². The Morgan fingerprint density at radius 3 is 2.15 bits per heavy atom. The number of benzene rings is 2. The van der Waals surface area contributed by atoms with Crippen molar-refractivity contribution >= 4 is 24.0 Å². The number of carbonyl (C=O) groups excluding carboxylic acids is 2. The molecule has 0 saturated carbocycles. The van der Waals surface area contributed by atoms with Crippen LogP contribution in [0.2, 0.25) is 0 Å². The Balaban J connectivity index is 2.10. The number of rotatable bonds is 8. The van der Waals surface area contributed by atoms with Gasteiger partial charge >= 0.3 is 0 Å². The highest BCUT2D eigenvalue weighted by molar-refractivity contribution is 6.04. The zero-order valence-corrected chi connectivity index (χ0v) is 14.9. The first kappa shape index (κ1) is 19.2. The average Bonchev–Trinajstić information content (AvgIpc) is 2.67. The standard InChI is InChI=1S/C22H24N2O2/c1-2-3-16-23-22(26)20(17-19-12-8-5-9-13-19)24-21(25)15-14-18-10-6-4-7-11-18/h4-15,17H,2-3,16H2,1H3,(H,23,26)(H,24,25). The van der Waals surface area contributed by atoms with Crippen molar-refractivity contribution in [1.29, 1.82) is 0 Å². The molecule has 26 heavy (non-hydrogen) atoms. The molecule has 4 heteroatoms. The molecule has 0 aliphatic heterocycles. The third-order valence-electron chi connectivity index (χ3n) is 3.66. The zero-order chi connectivity index (χ0) is 18.6. The van der Waals surface area contributed by atoms with Gasteiger partial charge in [-0.2, -0.15) is 0 Å². The highest BCUT2D eigenvalue weighted by Crippen LogP contribution is 2.06. The summed E-state index contributed by atoms with van der Waals surface area (Å²) in [5.74, 6) is -0.634. The summed E-state index contributed by atoms with van der Waals surface area (Å²) in [5, 5.41) is 5.52. The third-order valence-corrected chi connectivity index (χ3v) is 3.66. The molecule has 134 valence electrons. The molecule has 2 aromatic rings. The summed E-state index contributed by atoms with van der Waals surface area (Å²) in [5.41, 5.74) is 2.00. The maximum absolute atomic E-state index is 12.4. The second kappa shape index (κ2) is 10.7. The summed E-state index contributed by atoms with van der Waals surface area (Å²) in [6.45, 7) is 2.64. The highest BCUT2D eigenvalue weighted by atomic mass is 16.2. The summed E-state index contributed by atoms with van der Waals surface area (Å²) in [4.78, 5) is 24.6. The molecule has 0 aromatic heterocycles. The topological polar surface area (TPSA) is 58.2 Å². The minimum Gasteiger partial charge on any atom is -0.351 e. The molecule has 0 heterocycles. The summed E-state index contributed by atoms with van der Waals surface area (Å²) >= 11 is 0. The Morgan fingerprint density at radius 1 is 0.923 bits per heavy atom. The Labute approximate surface area is 154 Å². The van der Waals surface area contributed by atoms with Crippen molar-refractivity contribution in [3.05, 3.63) is 83.6 Å². The van der Waals surface area contributed by atoms with Gasteiger partial charge in [-0.3, -0.25) is 9.59 Å². The van der Waals surface area contributed by atoms with E-state index in [1.807, 2.05) is 60.7 Å². The first-order chi connectivity index (χ1) is 12.7. The zero-order valence-electron chi connectivity index (χ0n) is 14.9. The van der Waals surface area contributed by atoms with Gasteiger partial charge in [-0.15, -0.1) is 0 Å². The van der Waals surface area contributed by atoms with Crippen molar-refractivity contribution in [2.24, 2.45) is 0 Å². The Bertz CT molecular complexity index is 765. The Morgan fingerprint density at radius 2 is 1.54 bits per heavy atom. The fraction of sp³-hybridized carbons (Fsp3) is 0.182. The Kier molecular flexibility index (Phi) is 7.87. The number of hydrogen-bond donors (Lipinski definition) is 2. The largest absolute Gasteiger partial charge is 0.351 e. The van der Waals surface area contributed by atoms with Crippen molar-refractivity contribution in [2.45, 2.75) is 19.8 Å². The lowest BCUT2D eigenvalue weighted by Crippen LogP contribution is -2.34. The second-order valence-corrected chi connectivity index (χ2v) is 5.81. The summed E-state index contributed by atoms with van der Waals surface area (Å²) in [6, 6.07) is 19.0. The Hall–Kier alpha value is -3.14. The van der Waals surface area contributed by atoms with Crippen molar-refractivity contribution < 1.29 is 9.59 Å². The monoisotopic (exact) mass is 348 g/mol. The van der Waals surface area contributed by atoms with Gasteiger partial charge in [-0.25, -0.2) is 0 Å². The molecule has 0 atom stereocenters. The summed E-state index contributed by atoms with van der Waals surface area (Å²) < 4.78 is 0. The van der Waals surface area contributed by atoms with E-state index in [-0.39, 0.29) is 17.5 Å². The van der Waals surface area contributed by atoms with Crippen LogP contribution in [0.25, 0.3) is 12.2 Å². The fourth-order valence-electron chi connectivity index (χ4n) is 2.26. The van der Waals surface area contributed by atoms with Gasteiger partial charge in [0.1, 0.15) is 5.70 Å². The van der Waals surface area contributed by atoms with Crippen LogP contribution in [0, 0.1) is 0 Å². The minimum atomic E-state index is -0.346. The predicted octanol–water partition coefficient (Wildman–Crippen LogP) is 3.77. The van der Waals surface area contributed by atoms with Gasteiger partial charge in [0, 0.05) is 12.6 Å². The highest BCUT2D eigenvalue weighted by Gasteiger charge is 2.11. The minimum absolute atomic E-state index is 0.231. The predicted molar refractivity (Wildman–Crippen MR) is 106 cm³/mol. The molecule has 2 aromatic carbocycles. The third kappa shape index (κ3) is 6.77. The molecular formula is C22H24N2O2. The van der Waals surface area contributed by atoms with Gasteiger partial charge in [-0.05, 0) is 29.7 Å². The SMILES string of the molecule is CCCCNC(=O)C(=Cc1ccccc1)NC(=O)C=Cc1ccccc1. The van der Waals surface area contributed by atoms with Crippen molar-refractivity contribution in [2.75, 3.05) is 6.54 Å². The van der Waals surface area contributed by atoms with E-state index in [4.69, 9.17) is 0 Å². The first-order valence-corrected chi connectivity index (χ1v) is 8.78. The molecule has 0 spiro atoms. The van der Waals surface area contributed by atoms with E-state index in [9.17, 15) is 9.59 Å². The molecule has 0 aliphatic rings. The van der Waals surface area contributed by atoms with Gasteiger partial charge in [0.15, 0.2) is 0 Å². The van der Waals surface area contributed by atoms with E-state index in [2.05, 4.69) is 17.6 Å². The average molecular weight is 348 g/mol. The van der Waals surface area contributed by atoms with Crippen LogP contribution in [0.3, 0.4) is 0 Å². The molecule has 2 amide bonds. The lowest BCUT2D eigenvalue weighted by molar-refractivity contribution is -0.121. The first-order valence-electron chi connectivity index (χ1n) is 8.78. The van der Waals surface area contributed by atoms with Crippen molar-refractivity contribution in [1.82, 2.24) is 10.6 Å². The van der Waals surface area contributed by atoms with Gasteiger partial charge in [0.2, 0.25) is 5.91 Å². The molecular weight excluding hydrogens is 324 g/mol.